The molecule has 0 spiro atoms. The molecule has 64 heavy (non-hydrogen) atoms. The van der Waals surface area contributed by atoms with Gasteiger partial charge < -0.3 is 61.1 Å². The molecule has 0 saturated carbocycles. The zero-order valence-electron chi connectivity index (χ0n) is 36.4. The van der Waals surface area contributed by atoms with Gasteiger partial charge in [-0.2, -0.15) is 10.2 Å². The first-order valence-corrected chi connectivity index (χ1v) is 23.5. The molecular weight excluding hydrogens is 884 g/mol. The molecule has 0 aromatic heterocycles. The zero-order valence-corrected chi connectivity index (χ0v) is 38.2. The fourth-order valence-corrected chi connectivity index (χ4v) is 7.50. The van der Waals surface area contributed by atoms with E-state index in [9.17, 15) is 43.3 Å². The highest BCUT2D eigenvalue weighted by atomic mass is 31.2. The number of carbonyl (C=O) groups excluding carboxylic acids is 5. The molecule has 11 N–H and O–H groups in total. The van der Waals surface area contributed by atoms with E-state index in [1.54, 1.807) is 12.1 Å². The summed E-state index contributed by atoms with van der Waals surface area (Å²) in [6.07, 6.45) is 1.12. The largest absolute Gasteiger partial charge is 0.469 e. The van der Waals surface area contributed by atoms with E-state index in [2.05, 4.69) is 45.8 Å². The van der Waals surface area contributed by atoms with Crippen molar-refractivity contribution in [1.29, 1.82) is 0 Å². The number of phosphoric acid groups is 2. The lowest BCUT2D eigenvalue weighted by Gasteiger charge is -2.31. The summed E-state index contributed by atoms with van der Waals surface area (Å²) >= 11 is 0. The number of nitrogens with one attached hydrogen (secondary N) is 5. The standard InChI is InChI=1S/C39H61N7O16P2/c1-24-28-8-6-7-27(62-37(53)44-20-18-40-30(47)15-16-42-35(51)33(49)38(2,3)22-60-63(54,55)56)13-14-29(28)32(46-45-24)26-11-9-25(10-12-26)21-31(48)41-17-19-43-36(52)34(50)39(4,5)23-61-64(57,58)59/h6,8-12,27-29,33-34,49-50H,7,13-23H2,1-5H3,(H,40,47)(H,41,48)(H,42,51)(H,43,52)(H,44,53)(H2,54,55,56)(H2,57,58,59)/b8-6-/t27-,28-,29?,33-,34-/m0/s1. The van der Waals surface area contributed by atoms with Crippen molar-refractivity contribution in [1.82, 2.24) is 26.6 Å². The molecule has 0 bridgehead atoms. The molecule has 0 radical (unpaired) electrons. The highest BCUT2D eigenvalue weighted by molar-refractivity contribution is 7.46. The van der Waals surface area contributed by atoms with Crippen molar-refractivity contribution in [3.8, 4) is 0 Å². The number of rotatable bonds is 23. The summed E-state index contributed by atoms with van der Waals surface area (Å²) in [7, 11) is -9.59. The number of carbonyl (C=O) groups is 5. The first-order valence-electron chi connectivity index (χ1n) is 20.5. The van der Waals surface area contributed by atoms with Gasteiger partial charge in [0.15, 0.2) is 0 Å². The van der Waals surface area contributed by atoms with Crippen molar-refractivity contribution in [3.05, 3.63) is 47.5 Å². The lowest BCUT2D eigenvalue weighted by molar-refractivity contribution is -0.137. The number of alkyl carbamates (subject to hydrolysis) is 1. The van der Waals surface area contributed by atoms with Crippen molar-refractivity contribution in [2.45, 2.75) is 85.0 Å². The molecule has 5 atom stereocenters. The van der Waals surface area contributed by atoms with E-state index >= 15 is 0 Å². The Hall–Kier alpha value is -4.41. The van der Waals surface area contributed by atoms with Gasteiger partial charge in [-0.25, -0.2) is 13.9 Å². The fraction of sp³-hybridized carbons (Fsp3) is 0.615. The number of nitrogens with zero attached hydrogens (tertiary/aromatic N) is 2. The Morgan fingerprint density at radius 3 is 1.81 bits per heavy atom. The lowest BCUT2D eigenvalue weighted by atomic mass is 9.76. The molecule has 2 aliphatic rings. The molecule has 1 aromatic carbocycles. The number of fused-ring (bicyclic) bond motifs is 1. The molecule has 5 amide bonds. The van der Waals surface area contributed by atoms with Gasteiger partial charge in [0, 0.05) is 73.9 Å². The molecule has 0 saturated heterocycles. The van der Waals surface area contributed by atoms with Crippen LogP contribution in [0, 0.1) is 22.7 Å². The number of phosphoric ester groups is 2. The average Bonchev–Trinajstić information content (AvgIpc) is 3.20. The van der Waals surface area contributed by atoms with E-state index < -0.39 is 81.8 Å². The molecule has 23 nitrogen and oxygen atoms in total. The van der Waals surface area contributed by atoms with Gasteiger partial charge in [0.25, 0.3) is 0 Å². The number of allylic oxidation sites excluding steroid dienone is 1. The van der Waals surface area contributed by atoms with E-state index in [1.165, 1.54) is 27.7 Å². The third-order valence-corrected chi connectivity index (χ3v) is 11.2. The molecule has 358 valence electrons. The second kappa shape index (κ2) is 24.2. The van der Waals surface area contributed by atoms with Gasteiger partial charge in [-0.15, -0.1) is 0 Å². The van der Waals surface area contributed by atoms with Gasteiger partial charge in [-0.05, 0) is 30.9 Å². The van der Waals surface area contributed by atoms with Crippen LogP contribution in [-0.4, -0.2) is 135 Å². The molecule has 1 heterocycles. The van der Waals surface area contributed by atoms with E-state index in [-0.39, 0.29) is 63.3 Å². The van der Waals surface area contributed by atoms with Crippen molar-refractivity contribution < 1.29 is 76.7 Å². The highest BCUT2D eigenvalue weighted by Gasteiger charge is 2.37. The van der Waals surface area contributed by atoms with Gasteiger partial charge in [-0.3, -0.25) is 28.2 Å². The van der Waals surface area contributed by atoms with Crippen LogP contribution in [0.1, 0.15) is 71.4 Å². The molecule has 3 rings (SSSR count). The minimum absolute atomic E-state index is 0.00296. The molecule has 25 heteroatoms. The Morgan fingerprint density at radius 2 is 1.25 bits per heavy atom. The summed E-state index contributed by atoms with van der Waals surface area (Å²) in [5.74, 6) is -2.49. The van der Waals surface area contributed by atoms with Crippen molar-refractivity contribution in [2.24, 2.45) is 32.9 Å². The van der Waals surface area contributed by atoms with Crippen LogP contribution >= 0.6 is 15.6 Å². The van der Waals surface area contributed by atoms with Gasteiger partial charge in [0.1, 0.15) is 18.3 Å². The topological polar surface area (TPSA) is 353 Å². The first-order chi connectivity index (χ1) is 29.8. The van der Waals surface area contributed by atoms with Crippen molar-refractivity contribution >= 4 is 56.8 Å². The Morgan fingerprint density at radius 1 is 0.734 bits per heavy atom. The van der Waals surface area contributed by atoms with Crippen LogP contribution in [0.3, 0.4) is 0 Å². The van der Waals surface area contributed by atoms with Crippen LogP contribution in [0.2, 0.25) is 0 Å². The van der Waals surface area contributed by atoms with Gasteiger partial charge in [-0.1, -0.05) is 64.1 Å². The third-order valence-electron chi connectivity index (χ3n) is 10.3. The Labute approximate surface area is 370 Å². The predicted molar refractivity (Wildman–Crippen MR) is 230 cm³/mol. The van der Waals surface area contributed by atoms with Crippen LogP contribution in [0.25, 0.3) is 0 Å². The number of aliphatic hydroxyl groups excluding tert-OH is 2. The average molecular weight is 946 g/mol. The molecule has 1 unspecified atom stereocenters. The summed E-state index contributed by atoms with van der Waals surface area (Å²) in [5, 5.41) is 42.3. The maximum atomic E-state index is 12.7. The third kappa shape index (κ3) is 18.6. The van der Waals surface area contributed by atoms with Crippen LogP contribution in [0.5, 0.6) is 0 Å². The number of hydrogen-bond acceptors (Lipinski definition) is 14. The molecule has 1 aliphatic heterocycles. The number of aliphatic hydroxyl groups is 2. The van der Waals surface area contributed by atoms with Gasteiger partial charge in [0.2, 0.25) is 23.6 Å². The normalized spacial score (nSPS) is 19.5. The second-order valence-electron chi connectivity index (χ2n) is 16.8. The summed E-state index contributed by atoms with van der Waals surface area (Å²) in [6, 6.07) is 7.32. The van der Waals surface area contributed by atoms with Crippen LogP contribution < -0.4 is 26.6 Å². The fourth-order valence-electron chi connectivity index (χ4n) is 6.50. The summed E-state index contributed by atoms with van der Waals surface area (Å²) in [4.78, 5) is 97.8. The maximum absolute atomic E-state index is 12.7. The van der Waals surface area contributed by atoms with Crippen molar-refractivity contribution in [3.63, 3.8) is 0 Å². The van der Waals surface area contributed by atoms with E-state index in [0.717, 1.165) is 17.0 Å². The summed E-state index contributed by atoms with van der Waals surface area (Å²) in [6.45, 7) is 6.41. The lowest BCUT2D eigenvalue weighted by Crippen LogP contribution is -2.47. The molecule has 1 aliphatic carbocycles. The monoisotopic (exact) mass is 945 g/mol. The van der Waals surface area contributed by atoms with Crippen LogP contribution in [0.4, 0.5) is 4.79 Å². The Bertz CT molecular complexity index is 1980. The maximum Gasteiger partial charge on any atom is 0.469 e. The number of hydrogen-bond donors (Lipinski definition) is 11. The van der Waals surface area contributed by atoms with E-state index in [0.29, 0.717) is 24.8 Å². The van der Waals surface area contributed by atoms with E-state index in [4.69, 9.17) is 24.3 Å². The molecule has 1 aromatic rings. The van der Waals surface area contributed by atoms with Gasteiger partial charge in [0.05, 0.1) is 25.3 Å². The molecular formula is C39H61N7O16P2. The van der Waals surface area contributed by atoms with Crippen molar-refractivity contribution in [2.75, 3.05) is 45.9 Å². The minimum Gasteiger partial charge on any atom is -0.446 e. The minimum atomic E-state index is -4.80. The predicted octanol–water partition coefficient (Wildman–Crippen LogP) is 0.323. The number of benzene rings is 1. The molecule has 0 fully saturated rings. The Balaban J connectivity index is 1.40. The highest BCUT2D eigenvalue weighted by Crippen LogP contribution is 2.40. The smallest absolute Gasteiger partial charge is 0.446 e. The quantitative estimate of drug-likeness (QED) is 0.0400. The number of amides is 5. The number of ether oxygens (including phenoxy) is 1. The Kier molecular flexibility index (Phi) is 20.4. The van der Waals surface area contributed by atoms with Crippen LogP contribution in [0.15, 0.2) is 46.6 Å². The first kappa shape index (κ1) is 53.9. The van der Waals surface area contributed by atoms with Gasteiger partial charge >= 0.3 is 21.7 Å². The summed E-state index contributed by atoms with van der Waals surface area (Å²) in [5.41, 5.74) is 0.494. The SMILES string of the molecule is CC1=NN=C(c2ccc(CC(=O)NCCNC(=O)[C@H](O)C(C)(C)COP(=O)(O)O)cc2)C2CC[C@@H](OC(=O)NCCNC(=O)CCNC(=O)[C@H](O)C(C)(C)COP(=O)(O)O)C/C=C\[C@@H]12. The summed E-state index contributed by atoms with van der Waals surface area (Å²) < 4.78 is 36.5. The van der Waals surface area contributed by atoms with E-state index in [1.807, 2.05) is 31.2 Å². The second-order valence-corrected chi connectivity index (χ2v) is 19.2. The van der Waals surface area contributed by atoms with Crippen LogP contribution in [-0.2, 0) is 48.5 Å². The zero-order chi connectivity index (χ0) is 47.9.